The minimum absolute atomic E-state index is 0.149. The van der Waals surface area contributed by atoms with E-state index in [9.17, 15) is 9.59 Å². The second-order valence-corrected chi connectivity index (χ2v) is 6.05. The van der Waals surface area contributed by atoms with Crippen LogP contribution in [0.5, 0.6) is 0 Å². The Hall–Kier alpha value is -2.43. The fourth-order valence-electron chi connectivity index (χ4n) is 2.49. The predicted molar refractivity (Wildman–Crippen MR) is 82.3 cm³/mol. The number of nitrogens with zero attached hydrogens (tertiary/aromatic N) is 2. The molecule has 0 saturated carbocycles. The van der Waals surface area contributed by atoms with Crippen LogP contribution in [0.15, 0.2) is 34.3 Å². The summed E-state index contributed by atoms with van der Waals surface area (Å²) in [7, 11) is 0. The molecule has 0 N–H and O–H groups in total. The molecule has 3 rings (SSSR count). The minimum Gasteiger partial charge on any atom is -0.461 e. The van der Waals surface area contributed by atoms with Gasteiger partial charge in [0.05, 0.1) is 36.0 Å². The van der Waals surface area contributed by atoms with Crippen LogP contribution in [0.3, 0.4) is 0 Å². The summed E-state index contributed by atoms with van der Waals surface area (Å²) in [6.45, 7) is 1.18. The number of Topliss-reactive ketones (excluding diaryl/α,β-unsaturated/α-hetero) is 1. The van der Waals surface area contributed by atoms with Crippen molar-refractivity contribution in [3.63, 3.8) is 0 Å². The highest BCUT2D eigenvalue weighted by Gasteiger charge is 2.31. The van der Waals surface area contributed by atoms with Crippen molar-refractivity contribution in [1.29, 1.82) is 5.26 Å². The molecule has 1 aliphatic rings. The molecule has 7 heteroatoms. The van der Waals surface area contributed by atoms with Gasteiger partial charge in [0.1, 0.15) is 6.07 Å². The number of nitriles is 1. The lowest BCUT2D eigenvalue weighted by molar-refractivity contribution is -0.00278. The van der Waals surface area contributed by atoms with Gasteiger partial charge in [-0.2, -0.15) is 5.26 Å². The third kappa shape index (κ3) is 3.33. The van der Waals surface area contributed by atoms with E-state index in [1.54, 1.807) is 28.5 Å². The Labute approximate surface area is 136 Å². The van der Waals surface area contributed by atoms with Gasteiger partial charge in [0.25, 0.3) is 5.91 Å². The first-order valence-electron chi connectivity index (χ1n) is 7.13. The zero-order chi connectivity index (χ0) is 16.2. The largest absolute Gasteiger partial charge is 0.461 e. The van der Waals surface area contributed by atoms with Crippen LogP contribution in [0.4, 0.5) is 0 Å². The van der Waals surface area contributed by atoms with Crippen LogP contribution in [0.25, 0.3) is 0 Å². The fourth-order valence-corrected chi connectivity index (χ4v) is 3.28. The van der Waals surface area contributed by atoms with E-state index in [4.69, 9.17) is 14.4 Å². The van der Waals surface area contributed by atoms with Gasteiger partial charge in [-0.15, -0.1) is 11.3 Å². The van der Waals surface area contributed by atoms with Crippen molar-refractivity contribution in [2.75, 3.05) is 19.8 Å². The number of morpholine rings is 1. The number of amides is 1. The highest BCUT2D eigenvalue weighted by molar-refractivity contribution is 7.12. The molecule has 1 saturated heterocycles. The first-order valence-corrected chi connectivity index (χ1v) is 8.01. The van der Waals surface area contributed by atoms with Crippen LogP contribution in [0.2, 0.25) is 0 Å². The minimum atomic E-state index is -0.332. The maximum Gasteiger partial charge on any atom is 0.264 e. The quantitative estimate of drug-likeness (QED) is 0.803. The van der Waals surface area contributed by atoms with Gasteiger partial charge in [-0.05, 0) is 18.2 Å². The molecule has 1 amide bonds. The Morgan fingerprint density at radius 1 is 1.48 bits per heavy atom. The third-order valence-electron chi connectivity index (χ3n) is 3.64. The summed E-state index contributed by atoms with van der Waals surface area (Å²) in [6, 6.07) is 6.52. The average molecular weight is 330 g/mol. The Morgan fingerprint density at radius 3 is 3.04 bits per heavy atom. The fraction of sp³-hybridized carbons (Fsp3) is 0.312. The molecule has 1 atom stereocenters. The summed E-state index contributed by atoms with van der Waals surface area (Å²) in [5.41, 5.74) is 0.467. The number of hydrogen-bond donors (Lipinski definition) is 0. The van der Waals surface area contributed by atoms with E-state index >= 15 is 0 Å². The molecule has 3 heterocycles. The topological polar surface area (TPSA) is 83.5 Å². The van der Waals surface area contributed by atoms with Gasteiger partial charge < -0.3 is 14.1 Å². The van der Waals surface area contributed by atoms with Crippen molar-refractivity contribution >= 4 is 23.0 Å². The lowest BCUT2D eigenvalue weighted by atomic mass is 10.1. The van der Waals surface area contributed by atoms with Crippen LogP contribution < -0.4 is 0 Å². The number of thiophene rings is 1. The van der Waals surface area contributed by atoms with Gasteiger partial charge in [0, 0.05) is 18.3 Å². The number of carbonyl (C=O) groups excluding carboxylic acids is 2. The lowest BCUT2D eigenvalue weighted by Crippen LogP contribution is -2.49. The molecule has 6 nitrogen and oxygen atoms in total. The normalized spacial score (nSPS) is 17.7. The van der Waals surface area contributed by atoms with E-state index in [0.29, 0.717) is 30.2 Å². The third-order valence-corrected chi connectivity index (χ3v) is 4.56. The molecule has 1 aliphatic heterocycles. The molecule has 0 unspecified atom stereocenters. The molecular weight excluding hydrogens is 316 g/mol. The van der Waals surface area contributed by atoms with Gasteiger partial charge >= 0.3 is 0 Å². The molecule has 1 fully saturated rings. The maximum absolute atomic E-state index is 12.6. The van der Waals surface area contributed by atoms with E-state index in [2.05, 4.69) is 0 Å². The van der Waals surface area contributed by atoms with Crippen LogP contribution >= 0.6 is 11.3 Å². The Kier molecular flexibility index (Phi) is 4.55. The molecule has 2 aromatic heterocycles. The van der Waals surface area contributed by atoms with Crippen LogP contribution in [0.1, 0.15) is 32.2 Å². The van der Waals surface area contributed by atoms with E-state index < -0.39 is 0 Å². The Bertz CT molecular complexity index is 744. The molecule has 2 aromatic rings. The van der Waals surface area contributed by atoms with Crippen molar-refractivity contribution in [2.45, 2.75) is 12.5 Å². The standard InChI is InChI=1S/C16H14N2O4S/c17-8-11-6-15(23-10-11)16(20)18-3-5-21-9-12(18)7-13(19)14-2-1-4-22-14/h1-2,4,6,10,12H,3,5,7,9H2/t12-/m1/s1. The Morgan fingerprint density at radius 2 is 2.35 bits per heavy atom. The van der Waals surface area contributed by atoms with E-state index in [1.807, 2.05) is 6.07 Å². The van der Waals surface area contributed by atoms with Gasteiger partial charge in [-0.3, -0.25) is 9.59 Å². The van der Waals surface area contributed by atoms with Crippen molar-refractivity contribution in [1.82, 2.24) is 4.90 Å². The molecular formula is C16H14N2O4S. The summed E-state index contributed by atoms with van der Waals surface area (Å²) in [6.07, 6.45) is 1.60. The summed E-state index contributed by atoms with van der Waals surface area (Å²) < 4.78 is 10.5. The van der Waals surface area contributed by atoms with Crippen molar-refractivity contribution in [2.24, 2.45) is 0 Å². The summed E-state index contributed by atoms with van der Waals surface area (Å²) in [5.74, 6) is -0.0462. The number of rotatable bonds is 4. The number of ketones is 1. The van der Waals surface area contributed by atoms with E-state index in [-0.39, 0.29) is 29.9 Å². The second kappa shape index (κ2) is 6.77. The molecule has 118 valence electrons. The van der Waals surface area contributed by atoms with Crippen molar-refractivity contribution < 1.29 is 18.7 Å². The summed E-state index contributed by atoms with van der Waals surface area (Å²) in [5, 5.41) is 10.5. The summed E-state index contributed by atoms with van der Waals surface area (Å²) in [4.78, 5) is 27.0. The van der Waals surface area contributed by atoms with Crippen LogP contribution in [0, 0.1) is 11.3 Å². The predicted octanol–water partition coefficient (Wildman–Crippen LogP) is 2.33. The lowest BCUT2D eigenvalue weighted by Gasteiger charge is -2.34. The first kappa shape index (κ1) is 15.5. The van der Waals surface area contributed by atoms with Crippen molar-refractivity contribution in [3.05, 3.63) is 46.0 Å². The monoisotopic (exact) mass is 330 g/mol. The number of furan rings is 1. The first-order chi connectivity index (χ1) is 11.2. The maximum atomic E-state index is 12.6. The second-order valence-electron chi connectivity index (χ2n) is 5.14. The molecule has 0 aliphatic carbocycles. The highest BCUT2D eigenvalue weighted by atomic mass is 32.1. The van der Waals surface area contributed by atoms with Gasteiger partial charge in [0.2, 0.25) is 0 Å². The van der Waals surface area contributed by atoms with Gasteiger partial charge in [-0.1, -0.05) is 0 Å². The molecule has 0 radical (unpaired) electrons. The van der Waals surface area contributed by atoms with Gasteiger partial charge in [-0.25, -0.2) is 0 Å². The van der Waals surface area contributed by atoms with Crippen LogP contribution in [-0.4, -0.2) is 42.4 Å². The zero-order valence-electron chi connectivity index (χ0n) is 12.2. The van der Waals surface area contributed by atoms with Crippen molar-refractivity contribution in [3.8, 4) is 6.07 Å². The molecule has 0 bridgehead atoms. The molecule has 0 spiro atoms. The SMILES string of the molecule is N#Cc1csc(C(=O)N2CCOC[C@H]2CC(=O)c2ccco2)c1. The number of hydrogen-bond acceptors (Lipinski definition) is 6. The van der Waals surface area contributed by atoms with E-state index in [0.717, 1.165) is 0 Å². The average Bonchev–Trinajstić information content (AvgIpc) is 3.26. The zero-order valence-corrected chi connectivity index (χ0v) is 13.0. The number of ether oxygens (including phenoxy) is 1. The molecule has 0 aromatic carbocycles. The molecule has 23 heavy (non-hydrogen) atoms. The smallest absolute Gasteiger partial charge is 0.264 e. The van der Waals surface area contributed by atoms with Crippen LogP contribution in [-0.2, 0) is 4.74 Å². The van der Waals surface area contributed by atoms with Gasteiger partial charge in [0.15, 0.2) is 11.5 Å². The van der Waals surface area contributed by atoms with E-state index in [1.165, 1.54) is 17.6 Å². The highest BCUT2D eigenvalue weighted by Crippen LogP contribution is 2.21. The summed E-state index contributed by atoms with van der Waals surface area (Å²) >= 11 is 1.24. The Balaban J connectivity index is 1.74. The number of carbonyl (C=O) groups is 2.